The number of sulfone groups is 1. The van der Waals surface area contributed by atoms with Gasteiger partial charge in [0.15, 0.2) is 4.21 Å². The van der Waals surface area contributed by atoms with Crippen LogP contribution in [0, 0.1) is 0 Å². The predicted molar refractivity (Wildman–Crippen MR) is 67.8 cm³/mol. The molecule has 0 radical (unpaired) electrons. The first kappa shape index (κ1) is 13.6. The van der Waals surface area contributed by atoms with E-state index in [9.17, 15) is 13.2 Å². The van der Waals surface area contributed by atoms with Crippen LogP contribution >= 0.6 is 11.5 Å². The first-order valence-electron chi connectivity index (χ1n) is 5.37. The molecular formula is C11H10N2O4S2. The standard InChI is InChI=1S/C11H10N2O4S2/c1-2-17-10(14)9-11(18-13-12-9)19(15,16)8-6-4-3-5-7-8/h3-7H,2H2,1H3. The van der Waals surface area contributed by atoms with E-state index in [1.165, 1.54) is 12.1 Å². The molecule has 1 aromatic heterocycles. The maximum Gasteiger partial charge on any atom is 0.361 e. The maximum atomic E-state index is 12.3. The molecule has 6 nitrogen and oxygen atoms in total. The number of nitrogens with zero attached hydrogens (tertiary/aromatic N) is 2. The Kier molecular flexibility index (Phi) is 3.91. The fourth-order valence-corrected chi connectivity index (χ4v) is 3.69. The lowest BCUT2D eigenvalue weighted by Gasteiger charge is -2.03. The van der Waals surface area contributed by atoms with Crippen LogP contribution in [0.4, 0.5) is 0 Å². The van der Waals surface area contributed by atoms with Crippen molar-refractivity contribution in [2.24, 2.45) is 0 Å². The zero-order valence-electron chi connectivity index (χ0n) is 9.94. The number of ether oxygens (including phenoxy) is 1. The van der Waals surface area contributed by atoms with Crippen molar-refractivity contribution >= 4 is 27.3 Å². The van der Waals surface area contributed by atoms with Crippen LogP contribution in [0.3, 0.4) is 0 Å². The fourth-order valence-electron chi connectivity index (χ4n) is 1.39. The molecule has 0 atom stereocenters. The first-order chi connectivity index (χ1) is 9.07. The number of rotatable bonds is 4. The van der Waals surface area contributed by atoms with E-state index in [1.807, 2.05) is 0 Å². The summed E-state index contributed by atoms with van der Waals surface area (Å²) < 4.78 is 32.8. The van der Waals surface area contributed by atoms with Crippen molar-refractivity contribution in [3.63, 3.8) is 0 Å². The van der Waals surface area contributed by atoms with Gasteiger partial charge in [0.05, 0.1) is 11.5 Å². The number of benzene rings is 1. The molecular weight excluding hydrogens is 288 g/mol. The fraction of sp³-hybridized carbons (Fsp3) is 0.182. The minimum absolute atomic E-state index is 0.0894. The Balaban J connectivity index is 2.49. The van der Waals surface area contributed by atoms with Gasteiger partial charge in [-0.05, 0) is 19.1 Å². The van der Waals surface area contributed by atoms with E-state index >= 15 is 0 Å². The highest BCUT2D eigenvalue weighted by Gasteiger charge is 2.29. The normalized spacial score (nSPS) is 11.2. The third-order valence-corrected chi connectivity index (χ3v) is 5.20. The molecule has 0 amide bonds. The van der Waals surface area contributed by atoms with Crippen LogP contribution in [0.1, 0.15) is 17.4 Å². The minimum Gasteiger partial charge on any atom is -0.461 e. The summed E-state index contributed by atoms with van der Waals surface area (Å²) in [5.74, 6) is -0.786. The monoisotopic (exact) mass is 298 g/mol. The molecule has 0 spiro atoms. The van der Waals surface area contributed by atoms with Crippen LogP contribution in [-0.4, -0.2) is 30.6 Å². The number of aromatic nitrogens is 2. The largest absolute Gasteiger partial charge is 0.461 e. The van der Waals surface area contributed by atoms with Gasteiger partial charge in [0, 0.05) is 11.5 Å². The quantitative estimate of drug-likeness (QED) is 0.796. The number of carbonyl (C=O) groups excluding carboxylic acids is 1. The molecule has 0 aliphatic rings. The number of carbonyl (C=O) groups is 1. The SMILES string of the molecule is CCOC(=O)c1nnsc1S(=O)(=O)c1ccccc1. The van der Waals surface area contributed by atoms with Crippen molar-refractivity contribution in [3.05, 3.63) is 36.0 Å². The molecule has 0 saturated heterocycles. The second-order valence-electron chi connectivity index (χ2n) is 3.45. The molecule has 0 aliphatic heterocycles. The van der Waals surface area contributed by atoms with Crippen LogP contribution in [0.2, 0.25) is 0 Å². The Morgan fingerprint density at radius 3 is 2.63 bits per heavy atom. The van der Waals surface area contributed by atoms with Crippen molar-refractivity contribution in [1.82, 2.24) is 9.59 Å². The second-order valence-corrected chi connectivity index (χ2v) is 6.35. The van der Waals surface area contributed by atoms with Crippen molar-refractivity contribution in [1.29, 1.82) is 0 Å². The Hall–Kier alpha value is -1.80. The summed E-state index contributed by atoms with van der Waals surface area (Å²) in [5, 5.41) is 3.54. The molecule has 2 aromatic rings. The smallest absolute Gasteiger partial charge is 0.361 e. The van der Waals surface area contributed by atoms with Gasteiger partial charge in [-0.2, -0.15) is 0 Å². The van der Waals surface area contributed by atoms with Gasteiger partial charge >= 0.3 is 5.97 Å². The number of hydrogen-bond acceptors (Lipinski definition) is 7. The lowest BCUT2D eigenvalue weighted by molar-refractivity contribution is 0.0515. The lowest BCUT2D eigenvalue weighted by Crippen LogP contribution is -2.11. The van der Waals surface area contributed by atoms with Gasteiger partial charge < -0.3 is 4.74 Å². The molecule has 0 unspecified atom stereocenters. The molecule has 0 aliphatic carbocycles. The zero-order valence-corrected chi connectivity index (χ0v) is 11.6. The Morgan fingerprint density at radius 2 is 2.00 bits per heavy atom. The average Bonchev–Trinajstić information content (AvgIpc) is 2.90. The minimum atomic E-state index is -3.80. The summed E-state index contributed by atoms with van der Waals surface area (Å²) in [6, 6.07) is 7.81. The van der Waals surface area contributed by atoms with E-state index in [-0.39, 0.29) is 21.4 Å². The highest BCUT2D eigenvalue weighted by molar-refractivity contribution is 7.93. The van der Waals surface area contributed by atoms with Gasteiger partial charge in [-0.1, -0.05) is 22.7 Å². The predicted octanol–water partition coefficient (Wildman–Crippen LogP) is 1.55. The molecule has 0 fully saturated rings. The van der Waals surface area contributed by atoms with Gasteiger partial charge in [0.2, 0.25) is 15.5 Å². The molecule has 100 valence electrons. The summed E-state index contributed by atoms with van der Waals surface area (Å²) in [5.41, 5.74) is -0.268. The molecule has 1 heterocycles. The van der Waals surface area contributed by atoms with Gasteiger partial charge in [0.1, 0.15) is 0 Å². The summed E-state index contributed by atoms with van der Waals surface area (Å²) in [6.45, 7) is 1.77. The van der Waals surface area contributed by atoms with Crippen LogP contribution in [-0.2, 0) is 14.6 Å². The number of hydrogen-bond donors (Lipinski definition) is 0. The van der Waals surface area contributed by atoms with Crippen LogP contribution < -0.4 is 0 Å². The third kappa shape index (κ3) is 2.64. The van der Waals surface area contributed by atoms with E-state index in [0.29, 0.717) is 11.5 Å². The molecule has 19 heavy (non-hydrogen) atoms. The molecule has 0 bridgehead atoms. The zero-order chi connectivity index (χ0) is 13.9. The highest BCUT2D eigenvalue weighted by Crippen LogP contribution is 2.26. The van der Waals surface area contributed by atoms with Crippen molar-refractivity contribution in [2.75, 3.05) is 6.61 Å². The van der Waals surface area contributed by atoms with Crippen molar-refractivity contribution < 1.29 is 17.9 Å². The Labute approximate surface area is 114 Å². The van der Waals surface area contributed by atoms with Crippen molar-refractivity contribution in [2.45, 2.75) is 16.0 Å². The van der Waals surface area contributed by atoms with E-state index in [2.05, 4.69) is 9.59 Å². The molecule has 0 N–H and O–H groups in total. The number of esters is 1. The van der Waals surface area contributed by atoms with Gasteiger partial charge in [-0.15, -0.1) is 5.10 Å². The van der Waals surface area contributed by atoms with Crippen molar-refractivity contribution in [3.8, 4) is 0 Å². The maximum absolute atomic E-state index is 12.3. The van der Waals surface area contributed by atoms with Gasteiger partial charge in [-0.25, -0.2) is 13.2 Å². The molecule has 8 heteroatoms. The van der Waals surface area contributed by atoms with E-state index in [0.717, 1.165) is 0 Å². The van der Waals surface area contributed by atoms with E-state index in [4.69, 9.17) is 4.74 Å². The summed E-state index contributed by atoms with van der Waals surface area (Å²) in [4.78, 5) is 11.7. The van der Waals surface area contributed by atoms with Crippen LogP contribution in [0.15, 0.2) is 39.4 Å². The topological polar surface area (TPSA) is 86.2 Å². The summed E-state index contributed by atoms with van der Waals surface area (Å²) >= 11 is 0.656. The van der Waals surface area contributed by atoms with Gasteiger partial charge in [-0.3, -0.25) is 0 Å². The lowest BCUT2D eigenvalue weighted by atomic mass is 10.4. The molecule has 2 rings (SSSR count). The van der Waals surface area contributed by atoms with Crippen LogP contribution in [0.5, 0.6) is 0 Å². The highest BCUT2D eigenvalue weighted by atomic mass is 32.2. The van der Waals surface area contributed by atoms with E-state index in [1.54, 1.807) is 25.1 Å². The Morgan fingerprint density at radius 1 is 1.32 bits per heavy atom. The Bertz CT molecular complexity index is 680. The first-order valence-corrected chi connectivity index (χ1v) is 7.62. The average molecular weight is 298 g/mol. The van der Waals surface area contributed by atoms with Gasteiger partial charge in [0.25, 0.3) is 0 Å². The van der Waals surface area contributed by atoms with Crippen LogP contribution in [0.25, 0.3) is 0 Å². The molecule has 1 aromatic carbocycles. The van der Waals surface area contributed by atoms with E-state index < -0.39 is 15.8 Å². The third-order valence-electron chi connectivity index (χ3n) is 2.22. The second kappa shape index (κ2) is 5.45. The summed E-state index contributed by atoms with van der Waals surface area (Å²) in [7, 11) is -3.80. The summed E-state index contributed by atoms with van der Waals surface area (Å²) in [6.07, 6.45) is 0. The molecule has 0 saturated carbocycles.